The molecule has 0 bridgehead atoms. The molecule has 1 heterocycles. The minimum atomic E-state index is -0.656. The minimum absolute atomic E-state index is 0.329. The number of benzene rings is 1. The highest BCUT2D eigenvalue weighted by atomic mass is 79.9. The van der Waals surface area contributed by atoms with E-state index in [1.165, 1.54) is 0 Å². The highest BCUT2D eigenvalue weighted by Gasteiger charge is 2.25. The fraction of sp³-hybridized carbons (Fsp3) is 0.333. The van der Waals surface area contributed by atoms with E-state index < -0.39 is 5.54 Å². The summed E-state index contributed by atoms with van der Waals surface area (Å²) >= 11 is 3.44. The molecule has 0 aliphatic carbocycles. The first-order valence-corrected chi connectivity index (χ1v) is 7.47. The number of carbonyl (C=O) groups is 1. The van der Waals surface area contributed by atoms with E-state index in [1.54, 1.807) is 23.9 Å². The Morgan fingerprint density at radius 1 is 1.48 bits per heavy atom. The maximum Gasteiger partial charge on any atom is 0.356 e. The Kier molecular flexibility index (Phi) is 4.80. The standard InChI is InChI=1S/C15H18BrN3O2/c1-3-21-14(20)13-7-8-18-19(13)10-15(2,17)11-5-4-6-12(16)9-11/h4-9H,3,10,17H2,1-2H3/t15-/m0/s1. The number of hydrogen-bond donors (Lipinski definition) is 1. The van der Waals surface area contributed by atoms with E-state index in [1.807, 2.05) is 31.2 Å². The van der Waals surface area contributed by atoms with Crippen LogP contribution in [0.25, 0.3) is 0 Å². The summed E-state index contributed by atoms with van der Waals surface area (Å²) in [6.45, 7) is 4.39. The third-order valence-electron chi connectivity index (χ3n) is 3.16. The summed E-state index contributed by atoms with van der Waals surface area (Å²) in [5.74, 6) is -0.389. The lowest BCUT2D eigenvalue weighted by Gasteiger charge is -2.26. The van der Waals surface area contributed by atoms with Gasteiger partial charge in [0.1, 0.15) is 5.69 Å². The molecule has 0 unspecified atom stereocenters. The predicted molar refractivity (Wildman–Crippen MR) is 83.9 cm³/mol. The summed E-state index contributed by atoms with van der Waals surface area (Å²) in [5, 5.41) is 4.18. The Morgan fingerprint density at radius 2 is 2.24 bits per heavy atom. The van der Waals surface area contributed by atoms with Crippen molar-refractivity contribution in [3.05, 3.63) is 52.3 Å². The van der Waals surface area contributed by atoms with Gasteiger partial charge in [-0.05, 0) is 37.6 Å². The molecule has 0 aliphatic rings. The Morgan fingerprint density at radius 3 is 2.90 bits per heavy atom. The Labute approximate surface area is 132 Å². The maximum absolute atomic E-state index is 11.9. The SMILES string of the molecule is CCOC(=O)c1ccnn1C[C@](C)(N)c1cccc(Br)c1. The Hall–Kier alpha value is -1.66. The van der Waals surface area contributed by atoms with Crippen LogP contribution in [0.1, 0.15) is 29.9 Å². The van der Waals surface area contributed by atoms with Gasteiger partial charge in [0.25, 0.3) is 0 Å². The minimum Gasteiger partial charge on any atom is -0.461 e. The van der Waals surface area contributed by atoms with Crippen molar-refractivity contribution < 1.29 is 9.53 Å². The lowest BCUT2D eigenvalue weighted by atomic mass is 9.93. The van der Waals surface area contributed by atoms with Crippen molar-refractivity contribution in [3.8, 4) is 0 Å². The molecule has 0 saturated carbocycles. The first-order valence-electron chi connectivity index (χ1n) is 6.68. The van der Waals surface area contributed by atoms with Crippen LogP contribution in [0, 0.1) is 0 Å². The molecule has 0 spiro atoms. The van der Waals surface area contributed by atoms with Crippen LogP contribution in [-0.2, 0) is 16.8 Å². The zero-order valence-corrected chi connectivity index (χ0v) is 13.6. The molecule has 0 saturated heterocycles. The van der Waals surface area contributed by atoms with Crippen molar-refractivity contribution in [2.45, 2.75) is 25.9 Å². The molecule has 112 valence electrons. The van der Waals surface area contributed by atoms with Crippen molar-refractivity contribution in [1.82, 2.24) is 9.78 Å². The van der Waals surface area contributed by atoms with Gasteiger partial charge in [-0.3, -0.25) is 4.68 Å². The van der Waals surface area contributed by atoms with Crippen molar-refractivity contribution in [2.75, 3.05) is 6.61 Å². The van der Waals surface area contributed by atoms with Crippen LogP contribution < -0.4 is 5.73 Å². The summed E-state index contributed by atoms with van der Waals surface area (Å²) in [6, 6.07) is 9.43. The Balaban J connectivity index is 2.25. The van der Waals surface area contributed by atoms with Gasteiger partial charge in [0.05, 0.1) is 18.7 Å². The number of aromatic nitrogens is 2. The number of ether oxygens (including phenoxy) is 1. The predicted octanol–water partition coefficient (Wildman–Crippen LogP) is 2.70. The van der Waals surface area contributed by atoms with Crippen LogP contribution in [0.5, 0.6) is 0 Å². The first-order chi connectivity index (χ1) is 9.94. The third-order valence-corrected chi connectivity index (χ3v) is 3.66. The number of rotatable bonds is 5. The molecule has 1 aromatic heterocycles. The number of nitrogens with zero attached hydrogens (tertiary/aromatic N) is 2. The van der Waals surface area contributed by atoms with E-state index in [9.17, 15) is 4.79 Å². The van der Waals surface area contributed by atoms with Gasteiger partial charge in [0.15, 0.2) is 0 Å². The van der Waals surface area contributed by atoms with Gasteiger partial charge in [-0.1, -0.05) is 28.1 Å². The first kappa shape index (κ1) is 15.7. The fourth-order valence-electron chi connectivity index (χ4n) is 2.08. The quantitative estimate of drug-likeness (QED) is 0.840. The van der Waals surface area contributed by atoms with Gasteiger partial charge in [-0.15, -0.1) is 0 Å². The molecular formula is C15H18BrN3O2. The van der Waals surface area contributed by atoms with E-state index in [4.69, 9.17) is 10.5 Å². The fourth-order valence-corrected chi connectivity index (χ4v) is 2.48. The van der Waals surface area contributed by atoms with Crippen LogP contribution in [0.15, 0.2) is 41.0 Å². The molecule has 0 aliphatic heterocycles. The second-order valence-electron chi connectivity index (χ2n) is 5.02. The lowest BCUT2D eigenvalue weighted by Crippen LogP contribution is -2.39. The topological polar surface area (TPSA) is 70.1 Å². The summed E-state index contributed by atoms with van der Waals surface area (Å²) in [7, 11) is 0. The number of halogens is 1. The molecule has 21 heavy (non-hydrogen) atoms. The molecular weight excluding hydrogens is 334 g/mol. The third kappa shape index (κ3) is 3.71. The van der Waals surface area contributed by atoms with E-state index >= 15 is 0 Å². The zero-order chi connectivity index (χ0) is 15.5. The largest absolute Gasteiger partial charge is 0.461 e. The zero-order valence-electron chi connectivity index (χ0n) is 12.0. The van der Waals surface area contributed by atoms with Gasteiger partial charge >= 0.3 is 5.97 Å². The van der Waals surface area contributed by atoms with Crippen molar-refractivity contribution in [3.63, 3.8) is 0 Å². The number of esters is 1. The van der Waals surface area contributed by atoms with E-state index in [2.05, 4.69) is 21.0 Å². The second kappa shape index (κ2) is 6.41. The molecule has 2 rings (SSSR count). The van der Waals surface area contributed by atoms with Crippen molar-refractivity contribution in [1.29, 1.82) is 0 Å². The van der Waals surface area contributed by atoms with Crippen LogP contribution in [0.3, 0.4) is 0 Å². The Bertz CT molecular complexity index is 637. The van der Waals surface area contributed by atoms with Crippen LogP contribution in [0.2, 0.25) is 0 Å². The van der Waals surface area contributed by atoms with Crippen molar-refractivity contribution >= 4 is 21.9 Å². The van der Waals surface area contributed by atoms with Crippen LogP contribution in [0.4, 0.5) is 0 Å². The van der Waals surface area contributed by atoms with E-state index in [-0.39, 0.29) is 5.97 Å². The smallest absolute Gasteiger partial charge is 0.356 e. The van der Waals surface area contributed by atoms with Crippen LogP contribution >= 0.6 is 15.9 Å². The summed E-state index contributed by atoms with van der Waals surface area (Å²) in [4.78, 5) is 11.9. The second-order valence-corrected chi connectivity index (χ2v) is 5.94. The average Bonchev–Trinajstić information content (AvgIpc) is 2.86. The summed E-state index contributed by atoms with van der Waals surface area (Å²) in [5.41, 5.74) is 7.12. The van der Waals surface area contributed by atoms with Gasteiger partial charge in [-0.2, -0.15) is 5.10 Å². The summed E-state index contributed by atoms with van der Waals surface area (Å²) < 4.78 is 7.56. The summed E-state index contributed by atoms with van der Waals surface area (Å²) in [6.07, 6.45) is 1.57. The molecule has 2 aromatic rings. The van der Waals surface area contributed by atoms with Gasteiger partial charge in [0.2, 0.25) is 0 Å². The molecule has 5 nitrogen and oxygen atoms in total. The maximum atomic E-state index is 11.9. The number of nitrogens with two attached hydrogens (primary N) is 1. The van der Waals surface area contributed by atoms with Gasteiger partial charge in [0, 0.05) is 10.7 Å². The monoisotopic (exact) mass is 351 g/mol. The number of carbonyl (C=O) groups excluding carboxylic acids is 1. The van der Waals surface area contributed by atoms with Gasteiger partial charge in [-0.25, -0.2) is 4.79 Å². The van der Waals surface area contributed by atoms with Gasteiger partial charge < -0.3 is 10.5 Å². The highest BCUT2D eigenvalue weighted by Crippen LogP contribution is 2.23. The molecule has 1 aromatic carbocycles. The lowest BCUT2D eigenvalue weighted by molar-refractivity contribution is 0.0510. The molecule has 2 N–H and O–H groups in total. The molecule has 1 atom stereocenters. The highest BCUT2D eigenvalue weighted by molar-refractivity contribution is 9.10. The molecule has 6 heteroatoms. The van der Waals surface area contributed by atoms with Crippen LogP contribution in [-0.4, -0.2) is 22.4 Å². The normalized spacial score (nSPS) is 13.7. The number of hydrogen-bond acceptors (Lipinski definition) is 4. The van der Waals surface area contributed by atoms with E-state index in [0.29, 0.717) is 18.8 Å². The van der Waals surface area contributed by atoms with E-state index in [0.717, 1.165) is 10.0 Å². The molecule has 0 fully saturated rings. The van der Waals surface area contributed by atoms with Crippen molar-refractivity contribution in [2.24, 2.45) is 5.73 Å². The average molecular weight is 352 g/mol. The molecule has 0 radical (unpaired) electrons. The molecule has 0 amide bonds.